The van der Waals surface area contributed by atoms with Crippen LogP contribution in [0.1, 0.15) is 150 Å². The van der Waals surface area contributed by atoms with E-state index in [1.54, 1.807) is 0 Å². The van der Waals surface area contributed by atoms with Crippen molar-refractivity contribution in [2.24, 2.45) is 0 Å². The SMILES string of the molecule is Cc1cc2c(c(C(C)(C)C)c1)OP(=O)([O][Al][O]P1(=O)Oc3c(cc(C)cc3C(C)(C)C)Cc3cc(C)cc(C(C)(C)C)c3O1)Oc1c(cc(C)cc1C(C)(C)C)C2. The Balaban J connectivity index is 1.48. The fraction of sp³-hybridized carbons (Fsp3) is 0.478. The summed E-state index contributed by atoms with van der Waals surface area (Å²) in [6.07, 6.45) is 1.01. The van der Waals surface area contributed by atoms with Gasteiger partial charge in [-0.15, -0.1) is 0 Å². The molecule has 6 rings (SSSR count). The molecule has 57 heavy (non-hydrogen) atoms. The molecular formula is C46H60AlO8P2. The van der Waals surface area contributed by atoms with Gasteiger partial charge in [-0.05, 0) is 71.6 Å². The number of aryl methyl sites for hydroxylation is 4. The summed E-state index contributed by atoms with van der Waals surface area (Å²) in [5.41, 5.74) is 9.75. The average Bonchev–Trinajstić information content (AvgIpc) is 3.02. The van der Waals surface area contributed by atoms with E-state index in [1.165, 1.54) is 0 Å². The second kappa shape index (κ2) is 14.9. The maximum absolute atomic E-state index is 15.3. The second-order valence-corrected chi connectivity index (χ2v) is 24.5. The maximum Gasteiger partial charge on any atom is 0.689 e. The van der Waals surface area contributed by atoms with Crippen LogP contribution in [-0.2, 0) is 50.8 Å². The van der Waals surface area contributed by atoms with Crippen LogP contribution in [0.3, 0.4) is 0 Å². The number of hydrogen-bond donors (Lipinski definition) is 0. The van der Waals surface area contributed by atoms with Gasteiger partial charge in [0.1, 0.15) is 23.0 Å². The molecule has 0 saturated carbocycles. The monoisotopic (exact) mass is 829 g/mol. The summed E-state index contributed by atoms with van der Waals surface area (Å²) in [6, 6.07) is 16.5. The Bertz CT molecular complexity index is 2020. The molecular weight excluding hydrogens is 769 g/mol. The third-order valence-electron chi connectivity index (χ3n) is 10.4. The second-order valence-electron chi connectivity index (χ2n) is 20.1. The number of phosphoric acid groups is 2. The first-order valence-corrected chi connectivity index (χ1v) is 23.6. The summed E-state index contributed by atoms with van der Waals surface area (Å²) in [6.45, 7) is 33.3. The molecule has 11 heteroatoms. The van der Waals surface area contributed by atoms with Gasteiger partial charge in [0.25, 0.3) is 0 Å². The zero-order valence-corrected chi connectivity index (χ0v) is 39.7. The van der Waals surface area contributed by atoms with E-state index in [-0.39, 0.29) is 21.7 Å². The van der Waals surface area contributed by atoms with Gasteiger partial charge in [0.05, 0.1) is 0 Å². The van der Waals surface area contributed by atoms with Gasteiger partial charge >= 0.3 is 31.5 Å². The summed E-state index contributed by atoms with van der Waals surface area (Å²) in [4.78, 5) is 0. The fourth-order valence-electron chi connectivity index (χ4n) is 7.68. The Kier molecular flexibility index (Phi) is 11.4. The summed E-state index contributed by atoms with van der Waals surface area (Å²) >= 11 is -1.81. The molecule has 4 aromatic carbocycles. The Morgan fingerprint density at radius 3 is 0.825 bits per heavy atom. The van der Waals surface area contributed by atoms with Crippen molar-refractivity contribution in [3.05, 3.63) is 115 Å². The molecule has 2 heterocycles. The van der Waals surface area contributed by atoms with Gasteiger partial charge in [-0.1, -0.05) is 154 Å². The summed E-state index contributed by atoms with van der Waals surface area (Å²) in [7, 11) is -9.05. The first-order chi connectivity index (χ1) is 26.1. The highest BCUT2D eigenvalue weighted by molar-refractivity contribution is 7.52. The first kappa shape index (κ1) is 43.6. The van der Waals surface area contributed by atoms with Crippen LogP contribution < -0.4 is 18.1 Å². The molecule has 0 N–H and O–H groups in total. The fourth-order valence-corrected chi connectivity index (χ4v) is 11.5. The van der Waals surface area contributed by atoms with Crippen LogP contribution in [0.5, 0.6) is 23.0 Å². The van der Waals surface area contributed by atoms with Gasteiger partial charge in [-0.3, -0.25) is 0 Å². The van der Waals surface area contributed by atoms with Crippen LogP contribution in [0.15, 0.2) is 48.5 Å². The molecule has 0 spiro atoms. The minimum absolute atomic E-state index is 0.367. The van der Waals surface area contributed by atoms with Crippen molar-refractivity contribution in [2.45, 2.75) is 145 Å². The smallest absolute Gasteiger partial charge is 0.396 e. The Morgan fingerprint density at radius 2 is 0.632 bits per heavy atom. The molecule has 4 aromatic rings. The van der Waals surface area contributed by atoms with Crippen molar-refractivity contribution in [1.29, 1.82) is 0 Å². The molecule has 0 atom stereocenters. The van der Waals surface area contributed by atoms with Crippen molar-refractivity contribution in [2.75, 3.05) is 0 Å². The third kappa shape index (κ3) is 9.41. The van der Waals surface area contributed by atoms with Crippen molar-refractivity contribution < 1.29 is 34.4 Å². The zero-order chi connectivity index (χ0) is 42.3. The lowest BCUT2D eigenvalue weighted by Crippen LogP contribution is -2.22. The van der Waals surface area contributed by atoms with E-state index in [4.69, 9.17) is 25.2 Å². The van der Waals surface area contributed by atoms with Crippen molar-refractivity contribution in [1.82, 2.24) is 0 Å². The van der Waals surface area contributed by atoms with Gasteiger partial charge in [-0.25, -0.2) is 9.13 Å². The van der Waals surface area contributed by atoms with Crippen LogP contribution >= 0.6 is 15.6 Å². The van der Waals surface area contributed by atoms with Crippen LogP contribution in [0, 0.1) is 27.7 Å². The topological polar surface area (TPSA) is 89.5 Å². The molecule has 0 bridgehead atoms. The lowest BCUT2D eigenvalue weighted by atomic mass is 9.81. The zero-order valence-electron chi connectivity index (χ0n) is 36.8. The van der Waals surface area contributed by atoms with E-state index in [9.17, 15) is 0 Å². The van der Waals surface area contributed by atoms with E-state index >= 15 is 9.13 Å². The molecule has 1 radical (unpaired) electrons. The first-order valence-electron chi connectivity index (χ1n) is 19.8. The van der Waals surface area contributed by atoms with Crippen molar-refractivity contribution in [3.63, 3.8) is 0 Å². The number of phosphoric ester groups is 2. The Labute approximate surface area is 348 Å². The van der Waals surface area contributed by atoms with Crippen LogP contribution in [-0.4, -0.2) is 15.9 Å². The molecule has 0 amide bonds. The lowest BCUT2D eigenvalue weighted by molar-refractivity contribution is 0.256. The van der Waals surface area contributed by atoms with Gasteiger partial charge in [0, 0.05) is 35.1 Å². The number of hydrogen-bond acceptors (Lipinski definition) is 8. The standard InChI is InChI=1S/2C23H31O4P.Al/c2*1-14-9-16-13-17-10-15(2)12-19(23(6,7)8)21(17)27-28(24,25)26-20(16)18(11-14)22(3,4)5;/h2*9-12H,13H2,1-8H3,(H,24,25);/q;;+2/p-2. The van der Waals surface area contributed by atoms with Gasteiger partial charge in [-0.2, -0.15) is 0 Å². The number of benzene rings is 4. The molecule has 305 valence electrons. The molecule has 0 aliphatic carbocycles. The highest BCUT2D eigenvalue weighted by Crippen LogP contribution is 2.60. The lowest BCUT2D eigenvalue weighted by Gasteiger charge is -2.34. The molecule has 8 nitrogen and oxygen atoms in total. The molecule has 0 unspecified atom stereocenters. The van der Waals surface area contributed by atoms with Gasteiger partial charge in [0.15, 0.2) is 0 Å². The Morgan fingerprint density at radius 1 is 0.421 bits per heavy atom. The molecule has 0 saturated heterocycles. The van der Waals surface area contributed by atoms with Crippen molar-refractivity contribution in [3.8, 4) is 23.0 Å². The van der Waals surface area contributed by atoms with Crippen molar-refractivity contribution >= 4 is 31.5 Å². The quantitative estimate of drug-likeness (QED) is 0.148. The van der Waals surface area contributed by atoms with Crippen LogP contribution in [0.4, 0.5) is 0 Å². The van der Waals surface area contributed by atoms with Crippen LogP contribution in [0.25, 0.3) is 0 Å². The normalized spacial score (nSPS) is 16.4. The predicted octanol–water partition coefficient (Wildman–Crippen LogP) is 13.3. The molecule has 0 fully saturated rings. The van der Waals surface area contributed by atoms with E-state index < -0.39 is 31.5 Å². The molecule has 0 aromatic heterocycles. The highest BCUT2D eigenvalue weighted by Gasteiger charge is 2.44. The minimum Gasteiger partial charge on any atom is -0.396 e. The minimum atomic E-state index is -4.53. The number of fused-ring (bicyclic) bond motifs is 4. The predicted molar refractivity (Wildman–Crippen MR) is 231 cm³/mol. The maximum atomic E-state index is 15.3. The van der Waals surface area contributed by atoms with E-state index in [1.807, 2.05) is 0 Å². The third-order valence-corrected chi connectivity index (χ3v) is 14.8. The van der Waals surface area contributed by atoms with Gasteiger partial charge < -0.3 is 25.2 Å². The van der Waals surface area contributed by atoms with E-state index in [2.05, 4.69) is 159 Å². The molecule has 2 aliphatic rings. The van der Waals surface area contributed by atoms with Gasteiger partial charge in [0.2, 0.25) is 0 Å². The summed E-state index contributed by atoms with van der Waals surface area (Å²) in [5, 5.41) is 0. The largest absolute Gasteiger partial charge is 0.689 e. The highest BCUT2D eigenvalue weighted by atomic mass is 31.2. The summed E-state index contributed by atoms with van der Waals surface area (Å²) < 4.78 is 69.0. The Hall–Kier alpha value is -3.01. The number of rotatable bonds is 4. The van der Waals surface area contributed by atoms with Crippen LogP contribution in [0.2, 0.25) is 0 Å². The average molecular weight is 830 g/mol. The van der Waals surface area contributed by atoms with E-state index in [0.717, 1.165) is 66.8 Å². The van der Waals surface area contributed by atoms with E-state index in [0.29, 0.717) is 35.8 Å². The summed E-state index contributed by atoms with van der Waals surface area (Å²) in [5.74, 6) is 1.79. The molecule has 2 aliphatic heterocycles.